The summed E-state index contributed by atoms with van der Waals surface area (Å²) < 4.78 is 0. The number of hydrogen-bond donors (Lipinski definition) is 2. The van der Waals surface area contributed by atoms with E-state index in [0.29, 0.717) is 11.7 Å². The minimum Gasteiger partial charge on any atom is -0.478 e. The second-order valence-corrected chi connectivity index (χ2v) is 5.29. The molecule has 1 aliphatic heterocycles. The minimum atomic E-state index is -1.01. The molecule has 0 aliphatic carbocycles. The van der Waals surface area contributed by atoms with Crippen molar-refractivity contribution in [1.82, 2.24) is 4.98 Å². The first-order valence-corrected chi connectivity index (χ1v) is 6.69. The second kappa shape index (κ2) is 5.75. The maximum atomic E-state index is 11.0. The fraction of sp³-hybridized carbons (Fsp3) is 0.538. The van der Waals surface area contributed by atoms with Crippen molar-refractivity contribution >= 4 is 23.4 Å². The van der Waals surface area contributed by atoms with E-state index in [1.54, 1.807) is 6.92 Å². The number of pyridine rings is 1. The molecule has 2 heterocycles. The molecule has 19 heavy (non-hydrogen) atoms. The van der Waals surface area contributed by atoms with E-state index >= 15 is 0 Å². The highest BCUT2D eigenvalue weighted by molar-refractivity contribution is 6.29. The molecule has 0 spiro atoms. The average Bonchev–Trinajstić information content (AvgIpc) is 2.38. The van der Waals surface area contributed by atoms with Crippen LogP contribution in [-0.4, -0.2) is 40.4 Å². The predicted molar refractivity (Wildman–Crippen MR) is 72.8 cm³/mol. The number of aliphatic hydroxyl groups is 1. The normalized spacial score (nSPS) is 18.4. The van der Waals surface area contributed by atoms with Crippen molar-refractivity contribution in [2.75, 3.05) is 18.0 Å². The molecule has 0 aromatic carbocycles. The van der Waals surface area contributed by atoms with Crippen LogP contribution in [0.15, 0.2) is 12.1 Å². The van der Waals surface area contributed by atoms with Crippen LogP contribution < -0.4 is 4.90 Å². The first-order chi connectivity index (χ1) is 8.97. The number of aliphatic hydroxyl groups excluding tert-OH is 1. The van der Waals surface area contributed by atoms with Crippen molar-refractivity contribution in [1.29, 1.82) is 0 Å². The summed E-state index contributed by atoms with van der Waals surface area (Å²) in [6.07, 6.45) is 1.44. The quantitative estimate of drug-likeness (QED) is 0.831. The molecule has 0 saturated carbocycles. The zero-order valence-electron chi connectivity index (χ0n) is 10.7. The third-order valence-corrected chi connectivity index (χ3v) is 3.77. The Labute approximate surface area is 116 Å². The molecular formula is C13H17ClN2O3. The van der Waals surface area contributed by atoms with Gasteiger partial charge in [-0.3, -0.25) is 0 Å². The number of carboxylic acid groups (broad SMARTS) is 1. The van der Waals surface area contributed by atoms with Gasteiger partial charge in [-0.15, -0.1) is 0 Å². The number of aromatic nitrogens is 1. The molecule has 0 amide bonds. The molecule has 6 heteroatoms. The number of anilines is 1. The van der Waals surface area contributed by atoms with Gasteiger partial charge in [0.2, 0.25) is 0 Å². The topological polar surface area (TPSA) is 73.7 Å². The molecular weight excluding hydrogens is 268 g/mol. The standard InChI is InChI=1S/C13H17ClN2O3/c1-8(17)9-2-4-16(5-3-9)12-7-10(13(18)19)6-11(14)15-12/h6-9,17H,2-5H2,1H3,(H,18,19). The summed E-state index contributed by atoms with van der Waals surface area (Å²) in [6, 6.07) is 2.88. The van der Waals surface area contributed by atoms with Crippen molar-refractivity contribution < 1.29 is 15.0 Å². The van der Waals surface area contributed by atoms with Gasteiger partial charge in [-0.25, -0.2) is 9.78 Å². The average molecular weight is 285 g/mol. The molecule has 1 aromatic heterocycles. The Morgan fingerprint density at radius 2 is 2.11 bits per heavy atom. The lowest BCUT2D eigenvalue weighted by Gasteiger charge is -2.34. The monoisotopic (exact) mass is 284 g/mol. The summed E-state index contributed by atoms with van der Waals surface area (Å²) in [4.78, 5) is 17.2. The molecule has 1 unspecified atom stereocenters. The number of nitrogens with zero attached hydrogens (tertiary/aromatic N) is 2. The van der Waals surface area contributed by atoms with Crippen LogP contribution in [-0.2, 0) is 0 Å². The van der Waals surface area contributed by atoms with E-state index in [-0.39, 0.29) is 16.8 Å². The van der Waals surface area contributed by atoms with E-state index in [2.05, 4.69) is 4.98 Å². The summed E-state index contributed by atoms with van der Waals surface area (Å²) in [6.45, 7) is 3.31. The highest BCUT2D eigenvalue weighted by atomic mass is 35.5. The van der Waals surface area contributed by atoms with Crippen molar-refractivity contribution in [2.45, 2.75) is 25.9 Å². The van der Waals surface area contributed by atoms with Gasteiger partial charge in [-0.1, -0.05) is 11.6 Å². The fourth-order valence-electron chi connectivity index (χ4n) is 2.38. The number of carboxylic acids is 1. The molecule has 1 aromatic rings. The van der Waals surface area contributed by atoms with Crippen molar-refractivity contribution in [3.63, 3.8) is 0 Å². The predicted octanol–water partition coefficient (Wildman–Crippen LogP) is 2.03. The lowest BCUT2D eigenvalue weighted by Crippen LogP contribution is -2.37. The van der Waals surface area contributed by atoms with Gasteiger partial charge >= 0.3 is 5.97 Å². The summed E-state index contributed by atoms with van der Waals surface area (Å²) >= 11 is 5.85. The van der Waals surface area contributed by atoms with Gasteiger partial charge < -0.3 is 15.1 Å². The molecule has 1 fully saturated rings. The van der Waals surface area contributed by atoms with Crippen molar-refractivity contribution in [2.24, 2.45) is 5.92 Å². The Hall–Kier alpha value is -1.33. The zero-order chi connectivity index (χ0) is 14.0. The SMILES string of the molecule is CC(O)C1CCN(c2cc(C(=O)O)cc(Cl)n2)CC1. The van der Waals surface area contributed by atoms with E-state index in [9.17, 15) is 9.90 Å². The van der Waals surface area contributed by atoms with Crippen LogP contribution in [0, 0.1) is 5.92 Å². The smallest absolute Gasteiger partial charge is 0.335 e. The van der Waals surface area contributed by atoms with Gasteiger partial charge in [0, 0.05) is 13.1 Å². The molecule has 1 aliphatic rings. The second-order valence-electron chi connectivity index (χ2n) is 4.91. The third-order valence-electron chi connectivity index (χ3n) is 3.57. The van der Waals surface area contributed by atoms with E-state index in [1.807, 2.05) is 4.90 Å². The summed E-state index contributed by atoms with van der Waals surface area (Å²) in [7, 11) is 0. The zero-order valence-corrected chi connectivity index (χ0v) is 11.5. The molecule has 0 radical (unpaired) electrons. The molecule has 104 valence electrons. The van der Waals surface area contributed by atoms with E-state index < -0.39 is 5.97 Å². The number of carbonyl (C=O) groups is 1. The fourth-order valence-corrected chi connectivity index (χ4v) is 2.58. The summed E-state index contributed by atoms with van der Waals surface area (Å²) in [5, 5.41) is 18.8. The first-order valence-electron chi connectivity index (χ1n) is 6.31. The van der Waals surface area contributed by atoms with E-state index in [1.165, 1.54) is 12.1 Å². The molecule has 5 nitrogen and oxygen atoms in total. The van der Waals surface area contributed by atoms with Crippen LogP contribution in [0.1, 0.15) is 30.1 Å². The number of halogens is 1. The Morgan fingerprint density at radius 1 is 1.47 bits per heavy atom. The minimum absolute atomic E-state index is 0.146. The highest BCUT2D eigenvalue weighted by Crippen LogP contribution is 2.26. The Morgan fingerprint density at radius 3 is 2.63 bits per heavy atom. The highest BCUT2D eigenvalue weighted by Gasteiger charge is 2.24. The van der Waals surface area contributed by atoms with Gasteiger partial charge in [-0.05, 0) is 37.8 Å². The Bertz CT molecular complexity index is 471. The lowest BCUT2D eigenvalue weighted by atomic mass is 9.92. The van der Waals surface area contributed by atoms with Crippen LogP contribution >= 0.6 is 11.6 Å². The van der Waals surface area contributed by atoms with Crippen molar-refractivity contribution in [3.8, 4) is 0 Å². The Kier molecular flexibility index (Phi) is 4.27. The van der Waals surface area contributed by atoms with Gasteiger partial charge in [0.05, 0.1) is 11.7 Å². The summed E-state index contributed by atoms with van der Waals surface area (Å²) in [5.41, 5.74) is 0.146. The summed E-state index contributed by atoms with van der Waals surface area (Å²) in [5.74, 6) is -0.118. The van der Waals surface area contributed by atoms with E-state index in [0.717, 1.165) is 25.9 Å². The molecule has 1 saturated heterocycles. The lowest BCUT2D eigenvalue weighted by molar-refractivity contribution is 0.0696. The van der Waals surface area contributed by atoms with Crippen LogP contribution in [0.25, 0.3) is 0 Å². The molecule has 2 N–H and O–H groups in total. The van der Waals surface area contributed by atoms with Crippen molar-refractivity contribution in [3.05, 3.63) is 22.8 Å². The molecule has 2 rings (SSSR count). The van der Waals surface area contributed by atoms with Gasteiger partial charge in [0.25, 0.3) is 0 Å². The van der Waals surface area contributed by atoms with Crippen LogP contribution in [0.4, 0.5) is 5.82 Å². The van der Waals surface area contributed by atoms with Crippen LogP contribution in [0.2, 0.25) is 5.15 Å². The maximum absolute atomic E-state index is 11.0. The van der Waals surface area contributed by atoms with Gasteiger partial charge in [-0.2, -0.15) is 0 Å². The maximum Gasteiger partial charge on any atom is 0.335 e. The number of aromatic carboxylic acids is 1. The largest absolute Gasteiger partial charge is 0.478 e. The number of piperidine rings is 1. The van der Waals surface area contributed by atoms with E-state index in [4.69, 9.17) is 16.7 Å². The van der Waals surface area contributed by atoms with Crippen LogP contribution in [0.5, 0.6) is 0 Å². The third kappa shape index (κ3) is 3.36. The number of rotatable bonds is 3. The van der Waals surface area contributed by atoms with Crippen LogP contribution in [0.3, 0.4) is 0 Å². The Balaban J connectivity index is 2.13. The van der Waals surface area contributed by atoms with Gasteiger partial charge in [0.1, 0.15) is 11.0 Å². The molecule has 1 atom stereocenters. The first kappa shape index (κ1) is 14.1. The molecule has 0 bridgehead atoms. The van der Waals surface area contributed by atoms with Gasteiger partial charge in [0.15, 0.2) is 0 Å². The number of hydrogen-bond acceptors (Lipinski definition) is 4.